The SMILES string of the molecule is Cc1ccc(-c2cn3ccccc3n2)cc1NCc1cnc(Cl)s1. The van der Waals surface area contributed by atoms with E-state index in [9.17, 15) is 0 Å². The van der Waals surface area contributed by atoms with Crippen LogP contribution in [0.2, 0.25) is 4.47 Å². The summed E-state index contributed by atoms with van der Waals surface area (Å²) < 4.78 is 2.60. The first-order valence-corrected chi connectivity index (χ1v) is 8.77. The number of rotatable bonds is 4. The highest BCUT2D eigenvalue weighted by molar-refractivity contribution is 7.15. The molecule has 1 aromatic carbocycles. The smallest absolute Gasteiger partial charge is 0.183 e. The van der Waals surface area contributed by atoms with Crippen LogP contribution < -0.4 is 5.32 Å². The number of fused-ring (bicyclic) bond motifs is 1. The molecule has 0 unspecified atom stereocenters. The van der Waals surface area contributed by atoms with Gasteiger partial charge in [-0.3, -0.25) is 0 Å². The Kier molecular flexibility index (Phi) is 3.96. The van der Waals surface area contributed by atoms with Crippen LogP contribution >= 0.6 is 22.9 Å². The average molecular weight is 355 g/mol. The monoisotopic (exact) mass is 354 g/mol. The first-order valence-electron chi connectivity index (χ1n) is 7.58. The molecule has 1 N–H and O–H groups in total. The van der Waals surface area contributed by atoms with Crippen LogP contribution in [0, 0.1) is 6.92 Å². The maximum absolute atomic E-state index is 5.89. The van der Waals surface area contributed by atoms with Crippen LogP contribution in [-0.2, 0) is 6.54 Å². The molecule has 0 radical (unpaired) electrons. The second-order valence-electron chi connectivity index (χ2n) is 5.56. The summed E-state index contributed by atoms with van der Waals surface area (Å²) >= 11 is 7.38. The third kappa shape index (κ3) is 3.00. The molecule has 4 nitrogen and oxygen atoms in total. The van der Waals surface area contributed by atoms with Crippen LogP contribution in [0.4, 0.5) is 5.69 Å². The molecule has 0 spiro atoms. The van der Waals surface area contributed by atoms with Gasteiger partial charge in [-0.05, 0) is 30.7 Å². The number of pyridine rings is 1. The molecule has 6 heteroatoms. The molecular formula is C18H15ClN4S. The Labute approximate surface area is 148 Å². The zero-order valence-electron chi connectivity index (χ0n) is 13.0. The third-order valence-corrected chi connectivity index (χ3v) is 4.99. The molecule has 3 aromatic heterocycles. The fourth-order valence-corrected chi connectivity index (χ4v) is 3.51. The van der Waals surface area contributed by atoms with E-state index in [0.29, 0.717) is 11.0 Å². The maximum Gasteiger partial charge on any atom is 0.183 e. The predicted molar refractivity (Wildman–Crippen MR) is 99.8 cm³/mol. The summed E-state index contributed by atoms with van der Waals surface area (Å²) in [7, 11) is 0. The van der Waals surface area contributed by atoms with E-state index in [2.05, 4.69) is 40.4 Å². The molecule has 4 rings (SSSR count). The summed E-state index contributed by atoms with van der Waals surface area (Å²) in [6.45, 7) is 2.80. The van der Waals surface area contributed by atoms with Gasteiger partial charge in [-0.1, -0.05) is 29.8 Å². The van der Waals surface area contributed by atoms with Crippen molar-refractivity contribution in [3.05, 3.63) is 69.9 Å². The molecule has 120 valence electrons. The first kappa shape index (κ1) is 15.2. The minimum absolute atomic E-state index is 0.571. The van der Waals surface area contributed by atoms with Crippen LogP contribution in [0.5, 0.6) is 0 Å². The zero-order chi connectivity index (χ0) is 16.5. The molecule has 0 fully saturated rings. The topological polar surface area (TPSA) is 42.2 Å². The molecule has 0 bridgehead atoms. The number of aryl methyl sites for hydroxylation is 1. The van der Waals surface area contributed by atoms with Gasteiger partial charge in [0.25, 0.3) is 0 Å². The van der Waals surface area contributed by atoms with E-state index in [4.69, 9.17) is 11.6 Å². The van der Waals surface area contributed by atoms with Crippen molar-refractivity contribution in [3.8, 4) is 11.3 Å². The van der Waals surface area contributed by atoms with Gasteiger partial charge in [0, 0.05) is 34.7 Å². The highest BCUT2D eigenvalue weighted by atomic mass is 35.5. The average Bonchev–Trinajstić information content (AvgIpc) is 3.20. The predicted octanol–water partition coefficient (Wildman–Crippen LogP) is 5.03. The van der Waals surface area contributed by atoms with E-state index in [0.717, 1.165) is 27.5 Å². The van der Waals surface area contributed by atoms with Gasteiger partial charge in [0.1, 0.15) is 5.65 Å². The number of hydrogen-bond acceptors (Lipinski definition) is 4. The largest absolute Gasteiger partial charge is 0.380 e. The standard InChI is InChI=1S/C18H15ClN4S/c1-12-5-6-13(16-11-23-7-3-2-4-17(23)22-16)8-15(12)20-9-14-10-21-18(19)24-14/h2-8,10-11,20H,9H2,1H3. The molecular weight excluding hydrogens is 340 g/mol. The lowest BCUT2D eigenvalue weighted by Crippen LogP contribution is -1.99. The molecule has 0 aliphatic heterocycles. The van der Waals surface area contributed by atoms with Crippen molar-refractivity contribution in [1.82, 2.24) is 14.4 Å². The number of nitrogens with zero attached hydrogens (tertiary/aromatic N) is 3. The van der Waals surface area contributed by atoms with Crippen LogP contribution in [-0.4, -0.2) is 14.4 Å². The van der Waals surface area contributed by atoms with E-state index in [1.807, 2.05) is 35.0 Å². The second-order valence-corrected chi connectivity index (χ2v) is 7.25. The van der Waals surface area contributed by atoms with Crippen LogP contribution in [0.3, 0.4) is 0 Å². The van der Waals surface area contributed by atoms with E-state index in [1.54, 1.807) is 6.20 Å². The molecule has 0 saturated heterocycles. The minimum atomic E-state index is 0.571. The van der Waals surface area contributed by atoms with Gasteiger partial charge < -0.3 is 9.72 Å². The highest BCUT2D eigenvalue weighted by Crippen LogP contribution is 2.26. The fraction of sp³-hybridized carbons (Fsp3) is 0.111. The normalized spacial score (nSPS) is 11.1. The van der Waals surface area contributed by atoms with Gasteiger partial charge >= 0.3 is 0 Å². The minimum Gasteiger partial charge on any atom is -0.380 e. The van der Waals surface area contributed by atoms with Gasteiger partial charge in [0.2, 0.25) is 0 Å². The van der Waals surface area contributed by atoms with Crippen LogP contribution in [0.1, 0.15) is 10.4 Å². The molecule has 24 heavy (non-hydrogen) atoms. The number of anilines is 1. The second kappa shape index (κ2) is 6.26. The number of thiazole rings is 1. The van der Waals surface area contributed by atoms with E-state index >= 15 is 0 Å². The fourth-order valence-electron chi connectivity index (χ4n) is 2.59. The Hall–Kier alpha value is -2.37. The van der Waals surface area contributed by atoms with Crippen LogP contribution in [0.15, 0.2) is 55.0 Å². The summed E-state index contributed by atoms with van der Waals surface area (Å²) in [5, 5.41) is 3.46. The van der Waals surface area contributed by atoms with E-state index < -0.39 is 0 Å². The molecule has 3 heterocycles. The molecule has 0 aliphatic rings. The van der Waals surface area contributed by atoms with Crippen LogP contribution in [0.25, 0.3) is 16.9 Å². The summed E-state index contributed by atoms with van der Waals surface area (Å²) in [5.74, 6) is 0. The quantitative estimate of drug-likeness (QED) is 0.558. The van der Waals surface area contributed by atoms with Crippen molar-refractivity contribution < 1.29 is 0 Å². The Morgan fingerprint density at radius 1 is 1.25 bits per heavy atom. The van der Waals surface area contributed by atoms with Gasteiger partial charge in [-0.25, -0.2) is 9.97 Å². The van der Waals surface area contributed by atoms with Gasteiger partial charge in [0.15, 0.2) is 4.47 Å². The van der Waals surface area contributed by atoms with E-state index in [-0.39, 0.29) is 0 Å². The van der Waals surface area contributed by atoms with Crippen molar-refractivity contribution in [2.45, 2.75) is 13.5 Å². The summed E-state index contributed by atoms with van der Waals surface area (Å²) in [5.41, 5.74) is 5.29. The molecule has 0 atom stereocenters. The van der Waals surface area contributed by atoms with Gasteiger partial charge in [-0.15, -0.1) is 11.3 Å². The zero-order valence-corrected chi connectivity index (χ0v) is 14.6. The summed E-state index contributed by atoms with van der Waals surface area (Å²) in [6.07, 6.45) is 5.86. The van der Waals surface area contributed by atoms with E-state index in [1.165, 1.54) is 16.9 Å². The van der Waals surface area contributed by atoms with Crippen molar-refractivity contribution in [1.29, 1.82) is 0 Å². The number of benzene rings is 1. The van der Waals surface area contributed by atoms with Crippen molar-refractivity contribution >= 4 is 34.3 Å². The lowest BCUT2D eigenvalue weighted by Gasteiger charge is -2.10. The Bertz CT molecular complexity index is 972. The Balaban J connectivity index is 1.62. The number of halogens is 1. The summed E-state index contributed by atoms with van der Waals surface area (Å²) in [6, 6.07) is 12.4. The number of nitrogens with one attached hydrogen (secondary N) is 1. The molecule has 0 amide bonds. The lowest BCUT2D eigenvalue weighted by molar-refractivity contribution is 1.16. The maximum atomic E-state index is 5.89. The number of aromatic nitrogens is 3. The van der Waals surface area contributed by atoms with Crippen molar-refractivity contribution in [2.24, 2.45) is 0 Å². The van der Waals surface area contributed by atoms with Crippen molar-refractivity contribution in [3.63, 3.8) is 0 Å². The number of imidazole rings is 1. The highest BCUT2D eigenvalue weighted by Gasteiger charge is 2.07. The Morgan fingerprint density at radius 3 is 2.96 bits per heavy atom. The Morgan fingerprint density at radius 2 is 2.17 bits per heavy atom. The third-order valence-electron chi connectivity index (χ3n) is 3.88. The summed E-state index contributed by atoms with van der Waals surface area (Å²) in [4.78, 5) is 9.87. The number of hydrogen-bond donors (Lipinski definition) is 1. The first-order chi connectivity index (χ1) is 11.7. The molecule has 0 saturated carbocycles. The van der Waals surface area contributed by atoms with Gasteiger partial charge in [0.05, 0.1) is 12.2 Å². The van der Waals surface area contributed by atoms with Crippen molar-refractivity contribution in [2.75, 3.05) is 5.32 Å². The lowest BCUT2D eigenvalue weighted by atomic mass is 10.1. The van der Waals surface area contributed by atoms with Gasteiger partial charge in [-0.2, -0.15) is 0 Å². The molecule has 0 aliphatic carbocycles. The molecule has 4 aromatic rings.